The Balaban J connectivity index is 0.00000208. The van der Waals surface area contributed by atoms with Crippen LogP contribution < -0.4 is 4.80 Å². The van der Waals surface area contributed by atoms with E-state index < -0.39 is 0 Å². The van der Waals surface area contributed by atoms with Crippen molar-refractivity contribution in [3.63, 3.8) is 0 Å². The lowest BCUT2D eigenvalue weighted by Crippen LogP contribution is -2.17. The van der Waals surface area contributed by atoms with Gasteiger partial charge in [0.25, 0.3) is 0 Å². The summed E-state index contributed by atoms with van der Waals surface area (Å²) >= 11 is 13.6. The van der Waals surface area contributed by atoms with Crippen molar-refractivity contribution in [1.29, 1.82) is 0 Å². The number of para-hydroxylation sites is 1. The number of hydrogen-bond acceptors (Lipinski definition) is 3. The molecule has 0 saturated carbocycles. The highest BCUT2D eigenvalue weighted by Gasteiger charge is 2.09. The van der Waals surface area contributed by atoms with Gasteiger partial charge in [-0.2, -0.15) is 0 Å². The third-order valence-corrected chi connectivity index (χ3v) is 4.92. The van der Waals surface area contributed by atoms with Crippen molar-refractivity contribution in [2.75, 3.05) is 6.61 Å². The van der Waals surface area contributed by atoms with Crippen molar-refractivity contribution in [2.45, 2.75) is 6.54 Å². The van der Waals surface area contributed by atoms with E-state index in [1.807, 2.05) is 52.4 Å². The molecule has 0 unspecified atom stereocenters. The highest BCUT2D eigenvalue weighted by molar-refractivity contribution is 8.93. The summed E-state index contributed by atoms with van der Waals surface area (Å²) in [5, 5.41) is 12.4. The minimum absolute atomic E-state index is 0. The van der Waals surface area contributed by atoms with Gasteiger partial charge in [-0.25, -0.2) is 4.99 Å². The van der Waals surface area contributed by atoms with Gasteiger partial charge >= 0.3 is 0 Å². The predicted molar refractivity (Wildman–Crippen MR) is 107 cm³/mol. The van der Waals surface area contributed by atoms with Gasteiger partial charge in [-0.05, 0) is 24.3 Å². The van der Waals surface area contributed by atoms with Gasteiger partial charge in [-0.1, -0.05) is 47.5 Å². The predicted octanol–water partition coefficient (Wildman–Crippen LogP) is 5.33. The number of aliphatic hydroxyl groups excluding tert-OH is 1. The Morgan fingerprint density at radius 1 is 1.04 bits per heavy atom. The molecule has 0 amide bonds. The lowest BCUT2D eigenvalue weighted by Gasteiger charge is -2.08. The average Bonchev–Trinajstić information content (AvgIpc) is 2.94. The summed E-state index contributed by atoms with van der Waals surface area (Å²) in [5.74, 6) is 0. The summed E-state index contributed by atoms with van der Waals surface area (Å²) in [6.07, 6.45) is 0. The second-order valence-corrected chi connectivity index (χ2v) is 6.51. The summed E-state index contributed by atoms with van der Waals surface area (Å²) in [4.78, 5) is 5.48. The van der Waals surface area contributed by atoms with Crippen LogP contribution in [0.15, 0.2) is 58.9 Å². The SMILES string of the molecule is Br.OCCn1c(-c2ccc(Cl)c(Cl)c2)csc1=Nc1ccccc1. The first-order valence-corrected chi connectivity index (χ1v) is 8.67. The van der Waals surface area contributed by atoms with Gasteiger partial charge < -0.3 is 9.67 Å². The van der Waals surface area contributed by atoms with Crippen molar-refractivity contribution in [1.82, 2.24) is 4.57 Å². The van der Waals surface area contributed by atoms with E-state index in [1.54, 1.807) is 6.07 Å². The maximum absolute atomic E-state index is 9.39. The molecule has 24 heavy (non-hydrogen) atoms. The van der Waals surface area contributed by atoms with Crippen LogP contribution in [0.4, 0.5) is 5.69 Å². The molecule has 0 bridgehead atoms. The average molecular weight is 446 g/mol. The third-order valence-electron chi connectivity index (χ3n) is 3.32. The molecule has 0 atom stereocenters. The number of rotatable bonds is 4. The highest BCUT2D eigenvalue weighted by Crippen LogP contribution is 2.29. The Hall–Kier alpha value is -1.11. The van der Waals surface area contributed by atoms with E-state index >= 15 is 0 Å². The van der Waals surface area contributed by atoms with E-state index in [0.717, 1.165) is 21.7 Å². The Morgan fingerprint density at radius 3 is 2.46 bits per heavy atom. The molecule has 126 valence electrons. The Morgan fingerprint density at radius 2 is 1.79 bits per heavy atom. The van der Waals surface area contributed by atoms with Crippen molar-refractivity contribution >= 4 is 57.2 Å². The minimum atomic E-state index is 0. The van der Waals surface area contributed by atoms with E-state index in [0.29, 0.717) is 16.6 Å². The zero-order valence-electron chi connectivity index (χ0n) is 12.5. The second-order valence-electron chi connectivity index (χ2n) is 4.86. The number of aromatic nitrogens is 1. The third kappa shape index (κ3) is 4.29. The van der Waals surface area contributed by atoms with E-state index in [-0.39, 0.29) is 23.6 Å². The van der Waals surface area contributed by atoms with Crippen LogP contribution in [0.2, 0.25) is 10.0 Å². The van der Waals surface area contributed by atoms with E-state index in [1.165, 1.54) is 11.3 Å². The molecule has 0 aliphatic heterocycles. The van der Waals surface area contributed by atoms with Crippen LogP contribution >= 0.6 is 51.5 Å². The number of hydrogen-bond donors (Lipinski definition) is 1. The molecule has 0 radical (unpaired) electrons. The molecule has 0 aliphatic rings. The summed E-state index contributed by atoms with van der Waals surface area (Å²) in [6.45, 7) is 0.498. The van der Waals surface area contributed by atoms with Gasteiger partial charge in [-0.15, -0.1) is 28.3 Å². The molecule has 2 aromatic carbocycles. The van der Waals surface area contributed by atoms with Crippen LogP contribution in [0.3, 0.4) is 0 Å². The molecule has 3 rings (SSSR count). The lowest BCUT2D eigenvalue weighted by atomic mass is 10.2. The van der Waals surface area contributed by atoms with Crippen molar-refractivity contribution < 1.29 is 5.11 Å². The van der Waals surface area contributed by atoms with Crippen LogP contribution in [0.25, 0.3) is 11.3 Å². The molecular weight excluding hydrogens is 431 g/mol. The molecule has 0 fully saturated rings. The molecule has 0 spiro atoms. The van der Waals surface area contributed by atoms with Crippen molar-refractivity contribution in [2.24, 2.45) is 4.99 Å². The van der Waals surface area contributed by atoms with Crippen LogP contribution in [0.1, 0.15) is 0 Å². The van der Waals surface area contributed by atoms with Gasteiger partial charge in [0.1, 0.15) is 0 Å². The number of aliphatic hydroxyl groups is 1. The normalized spacial score (nSPS) is 11.4. The Kier molecular flexibility index (Phi) is 7.07. The van der Waals surface area contributed by atoms with E-state index in [9.17, 15) is 5.11 Å². The topological polar surface area (TPSA) is 37.5 Å². The second kappa shape index (κ2) is 8.83. The molecular formula is C17H15BrCl2N2OS. The number of halogens is 3. The molecule has 3 nitrogen and oxygen atoms in total. The van der Waals surface area contributed by atoms with Gasteiger partial charge in [0.2, 0.25) is 0 Å². The maximum atomic E-state index is 9.39. The molecule has 1 aromatic heterocycles. The number of nitrogens with zero attached hydrogens (tertiary/aromatic N) is 2. The fourth-order valence-corrected chi connectivity index (χ4v) is 3.49. The fourth-order valence-electron chi connectivity index (χ4n) is 2.23. The zero-order chi connectivity index (χ0) is 16.2. The van der Waals surface area contributed by atoms with Gasteiger partial charge in [0, 0.05) is 17.5 Å². The number of thiazole rings is 1. The maximum Gasteiger partial charge on any atom is 0.190 e. The molecule has 1 heterocycles. The van der Waals surface area contributed by atoms with Crippen LogP contribution in [0.5, 0.6) is 0 Å². The summed E-state index contributed by atoms with van der Waals surface area (Å²) in [6, 6.07) is 15.3. The van der Waals surface area contributed by atoms with Crippen molar-refractivity contribution in [3.8, 4) is 11.3 Å². The van der Waals surface area contributed by atoms with Crippen LogP contribution in [-0.4, -0.2) is 16.3 Å². The lowest BCUT2D eigenvalue weighted by molar-refractivity contribution is 0.275. The fraction of sp³-hybridized carbons (Fsp3) is 0.118. The van der Waals surface area contributed by atoms with Gasteiger partial charge in [0.15, 0.2) is 4.80 Å². The standard InChI is InChI=1S/C17H14Cl2N2OS.BrH/c18-14-7-6-12(10-15(14)19)16-11-23-17(21(16)8-9-22)20-13-4-2-1-3-5-13;/h1-7,10-11,22H,8-9H2;1H. The summed E-state index contributed by atoms with van der Waals surface area (Å²) < 4.78 is 1.98. The monoisotopic (exact) mass is 444 g/mol. The zero-order valence-corrected chi connectivity index (χ0v) is 16.6. The van der Waals surface area contributed by atoms with E-state index in [2.05, 4.69) is 4.99 Å². The number of benzene rings is 2. The first-order chi connectivity index (χ1) is 11.2. The molecule has 1 N–H and O–H groups in total. The minimum Gasteiger partial charge on any atom is -0.395 e. The van der Waals surface area contributed by atoms with Gasteiger partial charge in [-0.3, -0.25) is 0 Å². The molecule has 0 aliphatic carbocycles. The first-order valence-electron chi connectivity index (χ1n) is 7.03. The summed E-state index contributed by atoms with van der Waals surface area (Å²) in [7, 11) is 0. The Bertz CT molecular complexity index is 878. The Labute approximate surface area is 164 Å². The molecule has 0 saturated heterocycles. The van der Waals surface area contributed by atoms with E-state index in [4.69, 9.17) is 23.2 Å². The van der Waals surface area contributed by atoms with Crippen LogP contribution in [-0.2, 0) is 6.54 Å². The molecule has 7 heteroatoms. The quantitative estimate of drug-likeness (QED) is 0.579. The highest BCUT2D eigenvalue weighted by atomic mass is 79.9. The first kappa shape index (κ1) is 19.2. The molecule has 3 aromatic rings. The summed E-state index contributed by atoms with van der Waals surface area (Å²) in [5.41, 5.74) is 2.78. The smallest absolute Gasteiger partial charge is 0.190 e. The van der Waals surface area contributed by atoms with Gasteiger partial charge in [0.05, 0.1) is 28.0 Å². The van der Waals surface area contributed by atoms with Crippen molar-refractivity contribution in [3.05, 3.63) is 68.8 Å². The van der Waals surface area contributed by atoms with Crippen LogP contribution in [0, 0.1) is 0 Å². The largest absolute Gasteiger partial charge is 0.395 e.